The number of benzene rings is 1. The number of unbranched alkanes of at least 4 members (excludes halogenated alkanes) is 2. The first-order valence-corrected chi connectivity index (χ1v) is 9.67. The minimum absolute atomic E-state index is 0.0486. The SMILES string of the molecule is CC(=O)OC(CCCCCc1cn(C)nn1)C1Cc2cc(Cl)ccc2C1=O. The molecule has 2 atom stereocenters. The quantitative estimate of drug-likeness (QED) is 0.509. The van der Waals surface area contributed by atoms with Crippen molar-refractivity contribution in [1.82, 2.24) is 15.0 Å². The standard InChI is InChI=1S/C20H24ClN3O3/c1-13(25)27-19(7-5-3-4-6-16-12-24(2)23-22-16)18-11-14-10-15(21)8-9-17(14)20(18)26/h8-10,12,18-19H,3-7,11H2,1-2H3. The average Bonchev–Trinajstić information content (AvgIpc) is 3.16. The number of aromatic nitrogens is 3. The Morgan fingerprint density at radius 2 is 2.19 bits per heavy atom. The van der Waals surface area contributed by atoms with Crippen LogP contribution in [0.1, 0.15) is 54.2 Å². The Labute approximate surface area is 163 Å². The fourth-order valence-corrected chi connectivity index (χ4v) is 3.89. The van der Waals surface area contributed by atoms with E-state index in [0.29, 0.717) is 23.4 Å². The monoisotopic (exact) mass is 389 g/mol. The lowest BCUT2D eigenvalue weighted by Gasteiger charge is -2.22. The highest BCUT2D eigenvalue weighted by molar-refractivity contribution is 6.30. The van der Waals surface area contributed by atoms with E-state index in [4.69, 9.17) is 16.3 Å². The lowest BCUT2D eigenvalue weighted by atomic mass is 9.93. The van der Waals surface area contributed by atoms with Crippen molar-refractivity contribution in [3.8, 4) is 0 Å². The van der Waals surface area contributed by atoms with Crippen LogP contribution in [0.25, 0.3) is 0 Å². The summed E-state index contributed by atoms with van der Waals surface area (Å²) in [5.41, 5.74) is 2.62. The van der Waals surface area contributed by atoms with Gasteiger partial charge in [0.25, 0.3) is 0 Å². The van der Waals surface area contributed by atoms with Gasteiger partial charge in [0.15, 0.2) is 5.78 Å². The highest BCUT2D eigenvalue weighted by Crippen LogP contribution is 2.33. The predicted molar refractivity (Wildman–Crippen MR) is 102 cm³/mol. The van der Waals surface area contributed by atoms with E-state index < -0.39 is 6.10 Å². The first-order valence-electron chi connectivity index (χ1n) is 9.29. The highest BCUT2D eigenvalue weighted by Gasteiger charge is 2.37. The normalized spacial score (nSPS) is 17.0. The molecule has 0 amide bonds. The van der Waals surface area contributed by atoms with Gasteiger partial charge in [0.1, 0.15) is 6.10 Å². The fraction of sp³-hybridized carbons (Fsp3) is 0.500. The summed E-state index contributed by atoms with van der Waals surface area (Å²) in [7, 11) is 1.85. The van der Waals surface area contributed by atoms with E-state index in [1.807, 2.05) is 19.3 Å². The summed E-state index contributed by atoms with van der Waals surface area (Å²) in [6, 6.07) is 5.33. The van der Waals surface area contributed by atoms with Gasteiger partial charge in [-0.3, -0.25) is 14.3 Å². The molecule has 1 heterocycles. The van der Waals surface area contributed by atoms with E-state index in [1.165, 1.54) is 6.92 Å². The van der Waals surface area contributed by atoms with Crippen molar-refractivity contribution in [2.75, 3.05) is 0 Å². The number of hydrogen-bond donors (Lipinski definition) is 0. The van der Waals surface area contributed by atoms with E-state index in [0.717, 1.165) is 36.9 Å². The number of esters is 1. The lowest BCUT2D eigenvalue weighted by Crippen LogP contribution is -2.30. The molecular formula is C20H24ClN3O3. The number of hydrogen-bond acceptors (Lipinski definition) is 5. The summed E-state index contributed by atoms with van der Waals surface area (Å²) in [6.07, 6.45) is 6.51. The molecule has 1 aliphatic carbocycles. The van der Waals surface area contributed by atoms with Crippen LogP contribution in [0.15, 0.2) is 24.4 Å². The lowest BCUT2D eigenvalue weighted by molar-refractivity contribution is -0.148. The number of fused-ring (bicyclic) bond motifs is 1. The first-order chi connectivity index (χ1) is 12.9. The first kappa shape index (κ1) is 19.5. The molecule has 0 bridgehead atoms. The van der Waals surface area contributed by atoms with E-state index in [9.17, 15) is 9.59 Å². The predicted octanol–water partition coefficient (Wildman–Crippen LogP) is 3.56. The number of aryl methyl sites for hydroxylation is 2. The van der Waals surface area contributed by atoms with Gasteiger partial charge in [0.2, 0.25) is 0 Å². The van der Waals surface area contributed by atoms with Crippen LogP contribution >= 0.6 is 11.6 Å². The van der Waals surface area contributed by atoms with Crippen LogP contribution in [0.3, 0.4) is 0 Å². The number of nitrogens with zero attached hydrogens (tertiary/aromatic N) is 3. The van der Waals surface area contributed by atoms with E-state index in [2.05, 4.69) is 10.3 Å². The Bertz CT molecular complexity index is 834. The highest BCUT2D eigenvalue weighted by atomic mass is 35.5. The number of ether oxygens (including phenoxy) is 1. The minimum Gasteiger partial charge on any atom is -0.462 e. The number of ketones is 1. The van der Waals surface area contributed by atoms with E-state index in [1.54, 1.807) is 16.8 Å². The van der Waals surface area contributed by atoms with Crippen LogP contribution < -0.4 is 0 Å². The van der Waals surface area contributed by atoms with Crippen molar-refractivity contribution in [2.45, 2.75) is 51.6 Å². The Hall–Kier alpha value is -2.21. The molecule has 1 aromatic heterocycles. The third-order valence-electron chi connectivity index (χ3n) is 4.95. The molecule has 6 nitrogen and oxygen atoms in total. The van der Waals surface area contributed by atoms with Gasteiger partial charge in [-0.25, -0.2) is 0 Å². The van der Waals surface area contributed by atoms with Gasteiger partial charge < -0.3 is 4.74 Å². The van der Waals surface area contributed by atoms with Gasteiger partial charge in [-0.05, 0) is 55.9 Å². The molecule has 2 unspecified atom stereocenters. The average molecular weight is 390 g/mol. The van der Waals surface area contributed by atoms with E-state index >= 15 is 0 Å². The zero-order valence-electron chi connectivity index (χ0n) is 15.7. The summed E-state index contributed by atoms with van der Waals surface area (Å²) in [5, 5.41) is 8.62. The molecule has 0 saturated heterocycles. The van der Waals surface area contributed by atoms with Crippen molar-refractivity contribution in [3.05, 3.63) is 46.2 Å². The minimum atomic E-state index is -0.391. The summed E-state index contributed by atoms with van der Waals surface area (Å²) in [5.74, 6) is -0.615. The van der Waals surface area contributed by atoms with Crippen molar-refractivity contribution < 1.29 is 14.3 Å². The molecule has 0 fully saturated rings. The summed E-state index contributed by atoms with van der Waals surface area (Å²) in [4.78, 5) is 24.3. The zero-order chi connectivity index (χ0) is 19.4. The van der Waals surface area contributed by atoms with Gasteiger partial charge in [0, 0.05) is 30.8 Å². The van der Waals surface area contributed by atoms with Crippen molar-refractivity contribution >= 4 is 23.4 Å². The van der Waals surface area contributed by atoms with Gasteiger partial charge in [0.05, 0.1) is 11.6 Å². The molecule has 1 aliphatic rings. The maximum Gasteiger partial charge on any atom is 0.302 e. The zero-order valence-corrected chi connectivity index (χ0v) is 16.4. The van der Waals surface area contributed by atoms with Gasteiger partial charge >= 0.3 is 5.97 Å². The molecule has 1 aromatic carbocycles. The van der Waals surface area contributed by atoms with Crippen molar-refractivity contribution in [1.29, 1.82) is 0 Å². The number of carbonyl (C=O) groups is 2. The molecule has 144 valence electrons. The molecule has 0 spiro atoms. The van der Waals surface area contributed by atoms with Crippen LogP contribution in [-0.2, 0) is 29.4 Å². The molecular weight excluding hydrogens is 366 g/mol. The van der Waals surface area contributed by atoms with Crippen LogP contribution in [0, 0.1) is 5.92 Å². The molecule has 27 heavy (non-hydrogen) atoms. The third kappa shape index (κ3) is 4.95. The topological polar surface area (TPSA) is 74.1 Å². The molecule has 3 rings (SSSR count). The summed E-state index contributed by atoms with van der Waals surface area (Å²) >= 11 is 6.05. The van der Waals surface area contributed by atoms with Crippen LogP contribution in [0.4, 0.5) is 0 Å². The fourth-order valence-electron chi connectivity index (χ4n) is 3.69. The maximum absolute atomic E-state index is 12.8. The molecule has 2 aromatic rings. The molecule has 0 radical (unpaired) electrons. The number of Topliss-reactive ketones (excluding diaryl/α,β-unsaturated/α-hetero) is 1. The van der Waals surface area contributed by atoms with Crippen LogP contribution in [0.2, 0.25) is 5.02 Å². The molecule has 0 saturated carbocycles. The molecule has 0 aliphatic heterocycles. The van der Waals surface area contributed by atoms with Gasteiger partial charge in [-0.2, -0.15) is 0 Å². The van der Waals surface area contributed by atoms with Crippen molar-refractivity contribution in [3.63, 3.8) is 0 Å². The Morgan fingerprint density at radius 3 is 2.89 bits per heavy atom. The number of carbonyl (C=O) groups excluding carboxylic acids is 2. The second-order valence-corrected chi connectivity index (χ2v) is 7.54. The van der Waals surface area contributed by atoms with E-state index in [-0.39, 0.29) is 17.7 Å². The number of rotatable bonds is 8. The van der Waals surface area contributed by atoms with Crippen molar-refractivity contribution in [2.24, 2.45) is 13.0 Å². The third-order valence-corrected chi connectivity index (χ3v) is 5.18. The second kappa shape index (κ2) is 8.65. The smallest absolute Gasteiger partial charge is 0.302 e. The Morgan fingerprint density at radius 1 is 1.37 bits per heavy atom. The molecule has 0 N–H and O–H groups in total. The van der Waals surface area contributed by atoms with Crippen LogP contribution in [0.5, 0.6) is 0 Å². The van der Waals surface area contributed by atoms with Gasteiger partial charge in [-0.1, -0.05) is 23.2 Å². The number of halogens is 1. The largest absolute Gasteiger partial charge is 0.462 e. The molecule has 7 heteroatoms. The Kier molecular flexibility index (Phi) is 6.26. The Balaban J connectivity index is 1.54. The van der Waals surface area contributed by atoms with Crippen LogP contribution in [-0.4, -0.2) is 32.9 Å². The summed E-state index contributed by atoms with van der Waals surface area (Å²) < 4.78 is 7.21. The maximum atomic E-state index is 12.8. The second-order valence-electron chi connectivity index (χ2n) is 7.11. The van der Waals surface area contributed by atoms with Gasteiger partial charge in [-0.15, -0.1) is 5.10 Å². The summed E-state index contributed by atoms with van der Waals surface area (Å²) in [6.45, 7) is 1.39.